The molecule has 130 heavy (non-hydrogen) atoms. The van der Waals surface area contributed by atoms with Crippen molar-refractivity contribution < 1.29 is 0 Å². The lowest BCUT2D eigenvalue weighted by molar-refractivity contribution is 1.01. The Bertz CT molecular complexity index is 8870. The Hall–Kier alpha value is -17.1. The summed E-state index contributed by atoms with van der Waals surface area (Å²) in [5.74, 6) is 0. The van der Waals surface area contributed by atoms with Crippen molar-refractivity contribution in [2.24, 2.45) is 56.4 Å². The second-order valence-corrected chi connectivity index (χ2v) is 33.4. The molecule has 24 rings (SSSR count). The van der Waals surface area contributed by atoms with Crippen molar-refractivity contribution in [3.8, 4) is 6.07 Å². The van der Waals surface area contributed by atoms with Gasteiger partial charge in [0.05, 0.1) is 61.0 Å². The number of nitrogens with zero attached hydrogens (tertiary/aromatic N) is 14. The van der Waals surface area contributed by atoms with Crippen molar-refractivity contribution in [3.05, 3.63) is 411 Å². The van der Waals surface area contributed by atoms with Crippen LogP contribution >= 0.6 is 0 Å². The molecule has 0 radical (unpaired) electrons. The van der Waals surface area contributed by atoms with Crippen LogP contribution in [0.5, 0.6) is 0 Å². The molecule has 0 aliphatic carbocycles. The first-order valence-electron chi connectivity index (χ1n) is 43.1. The summed E-state index contributed by atoms with van der Waals surface area (Å²) in [6.07, 6.45) is 0. The lowest BCUT2D eigenvalue weighted by Gasteiger charge is -2.01. The zero-order valence-electron chi connectivity index (χ0n) is 75.3. The molecule has 0 unspecified atom stereocenters. The number of fused-ring (bicyclic) bond motifs is 24. The Labute approximate surface area is 755 Å². The van der Waals surface area contributed by atoms with Crippen LogP contribution in [0.4, 0.5) is 28.4 Å². The van der Waals surface area contributed by atoms with Crippen LogP contribution in [0, 0.1) is 85.7 Å². The summed E-state index contributed by atoms with van der Waals surface area (Å²) in [5.41, 5.74) is 30.9. The second-order valence-electron chi connectivity index (χ2n) is 33.4. The van der Waals surface area contributed by atoms with Gasteiger partial charge in [-0.15, -0.1) is 0 Å². The van der Waals surface area contributed by atoms with Gasteiger partial charge < -0.3 is 36.5 Å². The van der Waals surface area contributed by atoms with Gasteiger partial charge in [-0.3, -0.25) is 0 Å². The lowest BCUT2D eigenvalue weighted by Crippen LogP contribution is -1.88. The van der Waals surface area contributed by atoms with E-state index in [9.17, 15) is 5.26 Å². The third-order valence-corrected chi connectivity index (χ3v) is 25.5. The van der Waals surface area contributed by atoms with Gasteiger partial charge in [0.25, 0.3) is 0 Å². The van der Waals surface area contributed by atoms with Gasteiger partial charge in [-0.1, -0.05) is 223 Å². The molecule has 14 heteroatoms. The fraction of sp³-hybridized carbons (Fsp3) is 0.121. The maximum Gasteiger partial charge on any atom is 0.210 e. The van der Waals surface area contributed by atoms with Gasteiger partial charge in [-0.2, -0.15) is 5.26 Å². The number of benzene rings is 16. The SMILES string of the molecule is Cc1ccc2c(c1)c1ccccc1n2C.Cc1ccc2c3ccccc3n(C)c2c1.Cc1cccc2c3ccccc3n(C)c12.[C-]#[N+]c1ccc2c(c1)c1cc(C)ccc1n2C.[C-]#[N+]c1ccc2c3ccc(C)cc3n(C)c2c1.[C-]#[N+]c1cccc2c1c1c(C#N)cccc1n2C.[C-]#[N+]c1cccc2c1c1ccccc1n2C.[C-]#[N+]c1cccc2c3cccc(C)c3n(C)c12. The van der Waals surface area contributed by atoms with E-state index >= 15 is 0 Å². The lowest BCUT2D eigenvalue weighted by atomic mass is 10.1. The highest BCUT2D eigenvalue weighted by Gasteiger charge is 2.19. The third-order valence-electron chi connectivity index (χ3n) is 25.5. The van der Waals surface area contributed by atoms with Crippen molar-refractivity contribution >= 4 is 203 Å². The Morgan fingerprint density at radius 3 is 1.04 bits per heavy atom. The molecule has 628 valence electrons. The van der Waals surface area contributed by atoms with E-state index in [0.29, 0.717) is 22.6 Å². The van der Waals surface area contributed by atoms with E-state index in [0.717, 1.165) is 60.5 Å². The van der Waals surface area contributed by atoms with E-state index in [-0.39, 0.29) is 0 Å². The molecular formula is C116H94N14. The quantitative estimate of drug-likeness (QED) is 0.139. The van der Waals surface area contributed by atoms with Crippen molar-refractivity contribution in [1.82, 2.24) is 36.5 Å². The minimum atomic E-state index is 0.598. The summed E-state index contributed by atoms with van der Waals surface area (Å²) in [5, 5.41) is 28.6. The van der Waals surface area contributed by atoms with Crippen molar-refractivity contribution in [1.29, 1.82) is 5.26 Å². The van der Waals surface area contributed by atoms with E-state index in [1.54, 1.807) is 12.1 Å². The summed E-state index contributed by atoms with van der Waals surface area (Å²) in [6, 6.07) is 110. The molecule has 0 bridgehead atoms. The molecule has 8 heterocycles. The van der Waals surface area contributed by atoms with E-state index in [4.69, 9.17) is 32.9 Å². The van der Waals surface area contributed by atoms with Crippen LogP contribution in [-0.4, -0.2) is 36.5 Å². The number of aryl methyl sites for hydroxylation is 14. The highest BCUT2D eigenvalue weighted by molar-refractivity contribution is 6.19. The van der Waals surface area contributed by atoms with E-state index in [1.807, 2.05) is 123 Å². The topological polar surface area (TPSA) is 85.0 Å². The predicted molar refractivity (Wildman–Crippen MR) is 548 cm³/mol. The Morgan fingerprint density at radius 2 is 0.508 bits per heavy atom. The zero-order valence-corrected chi connectivity index (χ0v) is 75.3. The predicted octanol–water partition coefficient (Wildman–Crippen LogP) is 31.1. The summed E-state index contributed by atoms with van der Waals surface area (Å²) in [7, 11) is 16.5. The smallest absolute Gasteiger partial charge is 0.210 e. The summed E-state index contributed by atoms with van der Waals surface area (Å²) < 4.78 is 17.4. The number of rotatable bonds is 0. The van der Waals surface area contributed by atoms with E-state index in [1.165, 1.54) is 159 Å². The van der Waals surface area contributed by atoms with Gasteiger partial charge >= 0.3 is 0 Å². The zero-order chi connectivity index (χ0) is 91.0. The van der Waals surface area contributed by atoms with Crippen LogP contribution in [0.25, 0.3) is 199 Å². The van der Waals surface area contributed by atoms with Crippen LogP contribution in [0.3, 0.4) is 0 Å². The summed E-state index contributed by atoms with van der Waals surface area (Å²) in [6.45, 7) is 48.7. The normalized spacial score (nSPS) is 11.0. The van der Waals surface area contributed by atoms with Gasteiger partial charge in [-0.05, 0) is 183 Å². The number of hydrogen-bond donors (Lipinski definition) is 0. The first-order valence-corrected chi connectivity index (χ1v) is 43.1. The molecule has 0 atom stereocenters. The number of para-hydroxylation sites is 7. The molecule has 16 aromatic carbocycles. The van der Waals surface area contributed by atoms with Gasteiger partial charge in [0.2, 0.25) is 5.69 Å². The first kappa shape index (κ1) is 85.0. The fourth-order valence-corrected chi connectivity index (χ4v) is 19.1. The summed E-state index contributed by atoms with van der Waals surface area (Å²) in [4.78, 5) is 17.8. The summed E-state index contributed by atoms with van der Waals surface area (Å²) >= 11 is 0. The second kappa shape index (κ2) is 35.5. The molecule has 0 N–H and O–H groups in total. The van der Waals surface area contributed by atoms with E-state index in [2.05, 4.69) is 345 Å². The maximum atomic E-state index is 9.23. The van der Waals surface area contributed by atoms with Crippen molar-refractivity contribution in [3.63, 3.8) is 0 Å². The molecule has 0 fully saturated rings. The van der Waals surface area contributed by atoms with Crippen LogP contribution in [0.1, 0.15) is 38.9 Å². The van der Waals surface area contributed by atoms with Crippen LogP contribution in [0.2, 0.25) is 0 Å². The minimum Gasteiger partial charge on any atom is -0.353 e. The van der Waals surface area contributed by atoms with Crippen LogP contribution in [0.15, 0.2) is 315 Å². The largest absolute Gasteiger partial charge is 0.353 e. The minimum absolute atomic E-state index is 0.598. The molecule has 0 saturated carbocycles. The molecule has 0 aliphatic heterocycles. The molecule has 0 amide bonds. The van der Waals surface area contributed by atoms with E-state index < -0.39 is 0 Å². The highest BCUT2D eigenvalue weighted by Crippen LogP contribution is 2.42. The average molecular weight is 1680 g/mol. The van der Waals surface area contributed by atoms with Crippen molar-refractivity contribution in [2.45, 2.75) is 41.5 Å². The van der Waals surface area contributed by atoms with Crippen molar-refractivity contribution in [2.75, 3.05) is 0 Å². The molecule has 8 aromatic heterocycles. The number of hydrogen-bond acceptors (Lipinski definition) is 1. The molecular weight excluding hydrogens is 1590 g/mol. The standard InChI is InChI=1S/C15H9N3.3C15H12N2.C14H10N2.3C14H13N/c1-17-11-6-4-8-13-15(11)14-10(9-16)5-3-7-12(14)18(13)2;1-10-4-6-14-12(8-10)13-9-11(16-2)5-7-15(13)17(14)3;1-10-4-6-12-13-7-5-11(16-2)9-15(13)17(3)14(12)8-10;1-10-6-4-7-11-12-8-5-9-13(16-2)15(12)17(3)14(10)11;1-15-11-7-5-9-13-14(11)10-6-3-4-8-12(10)16(13)2;1-10-6-5-8-12-11-7-3-4-9-13(11)15(2)14(10)12;1-10-7-8-14-12(9-10)11-5-3-4-6-13(11)15(14)2;1-10-7-8-12-11-5-3-4-6-13(11)15(2)14(12)9-10/h3-8H,2H3;3*4-9H,1,3H3;3-9H,2H3;3*3-9H,1-2H3. The maximum absolute atomic E-state index is 9.23. The average Bonchev–Trinajstić information content (AvgIpc) is 1.59. The Morgan fingerprint density at radius 1 is 0.208 bits per heavy atom. The molecule has 0 saturated heterocycles. The van der Waals surface area contributed by atoms with Gasteiger partial charge in [0, 0.05) is 198 Å². The molecule has 24 aromatic rings. The molecule has 0 aliphatic rings. The van der Waals surface area contributed by atoms with Gasteiger partial charge in [0.1, 0.15) is 0 Å². The third kappa shape index (κ3) is 15.2. The van der Waals surface area contributed by atoms with Crippen LogP contribution < -0.4 is 0 Å². The Kier molecular flexibility index (Phi) is 23.2. The Balaban J connectivity index is 0.000000104. The van der Waals surface area contributed by atoms with Crippen LogP contribution in [-0.2, 0) is 56.4 Å². The highest BCUT2D eigenvalue weighted by atomic mass is 15.0. The fourth-order valence-electron chi connectivity index (χ4n) is 19.1. The molecule has 0 spiro atoms. The number of nitriles is 1. The van der Waals surface area contributed by atoms with Gasteiger partial charge in [0.15, 0.2) is 22.7 Å². The van der Waals surface area contributed by atoms with Gasteiger partial charge in [-0.25, -0.2) is 24.2 Å². The first-order chi connectivity index (χ1) is 63.1. The molecule has 14 nitrogen and oxygen atoms in total. The number of aromatic nitrogens is 8. The monoisotopic (exact) mass is 1680 g/mol.